The number of likely N-dealkylation sites (tertiary alicyclic amines) is 1. The molecule has 0 aliphatic carbocycles. The van der Waals surface area contributed by atoms with Gasteiger partial charge in [-0.1, -0.05) is 29.3 Å². The number of benzene rings is 1. The number of methoxy groups -OCH3 is 1. The first-order valence-electron chi connectivity index (χ1n) is 5.88. The van der Waals surface area contributed by atoms with Crippen molar-refractivity contribution in [3.05, 3.63) is 33.8 Å². The van der Waals surface area contributed by atoms with Crippen LogP contribution < -0.4 is 0 Å². The minimum Gasteiger partial charge on any atom is -0.468 e. The number of ether oxygens (including phenoxy) is 1. The maximum absolute atomic E-state index is 11.7. The van der Waals surface area contributed by atoms with Gasteiger partial charge in [-0.05, 0) is 31.5 Å². The molecule has 2 rings (SSSR count). The molecule has 98 valence electrons. The van der Waals surface area contributed by atoms with E-state index in [1.54, 1.807) is 0 Å². The van der Waals surface area contributed by atoms with Crippen LogP contribution in [0, 0.1) is 0 Å². The number of carbonyl (C=O) groups excluding carboxylic acids is 1. The van der Waals surface area contributed by atoms with E-state index < -0.39 is 0 Å². The highest BCUT2D eigenvalue weighted by Crippen LogP contribution is 2.29. The molecule has 1 aromatic rings. The van der Waals surface area contributed by atoms with Gasteiger partial charge in [-0.2, -0.15) is 0 Å². The van der Waals surface area contributed by atoms with Crippen molar-refractivity contribution in [2.75, 3.05) is 13.7 Å². The molecule has 0 aromatic heterocycles. The van der Waals surface area contributed by atoms with E-state index in [2.05, 4.69) is 4.90 Å². The van der Waals surface area contributed by atoms with Gasteiger partial charge in [-0.3, -0.25) is 9.69 Å². The molecule has 1 aromatic carbocycles. The van der Waals surface area contributed by atoms with Gasteiger partial charge in [0.05, 0.1) is 7.11 Å². The van der Waals surface area contributed by atoms with Gasteiger partial charge in [0.1, 0.15) is 6.04 Å². The zero-order valence-electron chi connectivity index (χ0n) is 10.2. The quantitative estimate of drug-likeness (QED) is 0.800. The number of halogens is 2. The Bertz CT molecular complexity index is 430. The lowest BCUT2D eigenvalue weighted by Crippen LogP contribution is -2.36. The molecule has 3 nitrogen and oxygen atoms in total. The summed E-state index contributed by atoms with van der Waals surface area (Å²) in [5.74, 6) is -0.185. The van der Waals surface area contributed by atoms with E-state index in [9.17, 15) is 4.79 Å². The first kappa shape index (κ1) is 13.7. The average Bonchev–Trinajstić information content (AvgIpc) is 2.81. The van der Waals surface area contributed by atoms with Gasteiger partial charge < -0.3 is 4.74 Å². The number of hydrogen-bond donors (Lipinski definition) is 0. The standard InChI is InChI=1S/C13H15Cl2NO2/c1-18-13(17)12-6-3-7-16(12)8-9-10(14)4-2-5-11(9)15/h2,4-5,12H,3,6-8H2,1H3. The second-order valence-electron chi connectivity index (χ2n) is 4.35. The summed E-state index contributed by atoms with van der Waals surface area (Å²) in [6.07, 6.45) is 1.82. The van der Waals surface area contributed by atoms with Crippen LogP contribution in [0.2, 0.25) is 10.0 Å². The predicted octanol–water partition coefficient (Wildman–Crippen LogP) is 3.13. The molecule has 5 heteroatoms. The van der Waals surface area contributed by atoms with Crippen LogP contribution in [-0.4, -0.2) is 30.6 Å². The summed E-state index contributed by atoms with van der Waals surface area (Å²) in [7, 11) is 1.42. The molecular weight excluding hydrogens is 273 g/mol. The largest absolute Gasteiger partial charge is 0.468 e. The van der Waals surface area contributed by atoms with Gasteiger partial charge in [0.25, 0.3) is 0 Å². The van der Waals surface area contributed by atoms with Gasteiger partial charge in [-0.25, -0.2) is 0 Å². The lowest BCUT2D eigenvalue weighted by Gasteiger charge is -2.23. The number of rotatable bonds is 3. The molecule has 0 radical (unpaired) electrons. The summed E-state index contributed by atoms with van der Waals surface area (Å²) in [6.45, 7) is 1.44. The van der Waals surface area contributed by atoms with Crippen molar-refractivity contribution in [2.45, 2.75) is 25.4 Å². The fourth-order valence-electron chi connectivity index (χ4n) is 2.30. The van der Waals surface area contributed by atoms with Gasteiger partial charge in [-0.15, -0.1) is 0 Å². The van der Waals surface area contributed by atoms with Gasteiger partial charge in [0, 0.05) is 22.2 Å². The van der Waals surface area contributed by atoms with Crippen molar-refractivity contribution in [3.8, 4) is 0 Å². The van der Waals surface area contributed by atoms with Crippen molar-refractivity contribution in [1.29, 1.82) is 0 Å². The van der Waals surface area contributed by atoms with E-state index in [-0.39, 0.29) is 12.0 Å². The average molecular weight is 288 g/mol. The second-order valence-corrected chi connectivity index (χ2v) is 5.17. The van der Waals surface area contributed by atoms with E-state index >= 15 is 0 Å². The highest BCUT2D eigenvalue weighted by atomic mass is 35.5. The molecule has 1 aliphatic heterocycles. The third-order valence-corrected chi connectivity index (χ3v) is 3.97. The van der Waals surface area contributed by atoms with Crippen LogP contribution >= 0.6 is 23.2 Å². The Balaban J connectivity index is 2.16. The topological polar surface area (TPSA) is 29.5 Å². The van der Waals surface area contributed by atoms with Crippen LogP contribution in [0.1, 0.15) is 18.4 Å². The van der Waals surface area contributed by atoms with Crippen molar-refractivity contribution < 1.29 is 9.53 Å². The molecule has 1 aliphatic rings. The molecule has 0 N–H and O–H groups in total. The molecule has 18 heavy (non-hydrogen) atoms. The summed E-state index contributed by atoms with van der Waals surface area (Å²) >= 11 is 12.3. The SMILES string of the molecule is COC(=O)C1CCCN1Cc1c(Cl)cccc1Cl. The van der Waals surface area contributed by atoms with Crippen LogP contribution in [0.4, 0.5) is 0 Å². The fourth-order valence-corrected chi connectivity index (χ4v) is 2.82. The molecular formula is C13H15Cl2NO2. The Morgan fingerprint density at radius 2 is 2.11 bits per heavy atom. The van der Waals surface area contributed by atoms with Gasteiger partial charge >= 0.3 is 5.97 Å². The van der Waals surface area contributed by atoms with E-state index in [0.29, 0.717) is 16.6 Å². The molecule has 1 saturated heterocycles. The monoisotopic (exact) mass is 287 g/mol. The normalized spacial score (nSPS) is 20.1. The summed E-state index contributed by atoms with van der Waals surface area (Å²) in [4.78, 5) is 13.7. The zero-order chi connectivity index (χ0) is 13.1. The highest BCUT2D eigenvalue weighted by molar-refractivity contribution is 6.35. The first-order valence-corrected chi connectivity index (χ1v) is 6.64. The molecule has 1 fully saturated rings. The molecule has 0 spiro atoms. The van der Waals surface area contributed by atoms with Crippen molar-refractivity contribution in [1.82, 2.24) is 4.90 Å². The lowest BCUT2D eigenvalue weighted by atomic mass is 10.2. The summed E-state index contributed by atoms with van der Waals surface area (Å²) in [6, 6.07) is 5.26. The summed E-state index contributed by atoms with van der Waals surface area (Å²) < 4.78 is 4.82. The van der Waals surface area contributed by atoms with Gasteiger partial charge in [0.15, 0.2) is 0 Å². The Hall–Kier alpha value is -0.770. The van der Waals surface area contributed by atoms with Gasteiger partial charge in [0.2, 0.25) is 0 Å². The first-order chi connectivity index (χ1) is 8.63. The van der Waals surface area contributed by atoms with Crippen LogP contribution in [0.15, 0.2) is 18.2 Å². The minimum atomic E-state index is -0.185. The maximum atomic E-state index is 11.7. The fraction of sp³-hybridized carbons (Fsp3) is 0.462. The summed E-state index contributed by atoms with van der Waals surface area (Å²) in [5, 5.41) is 1.27. The molecule has 0 amide bonds. The van der Waals surface area contributed by atoms with Crippen LogP contribution in [0.5, 0.6) is 0 Å². The minimum absolute atomic E-state index is 0.178. The zero-order valence-corrected chi connectivity index (χ0v) is 11.7. The second kappa shape index (κ2) is 5.91. The molecule has 1 atom stereocenters. The van der Waals surface area contributed by atoms with Crippen molar-refractivity contribution >= 4 is 29.2 Å². The third-order valence-electron chi connectivity index (χ3n) is 3.26. The Morgan fingerprint density at radius 1 is 1.44 bits per heavy atom. The van der Waals surface area contributed by atoms with E-state index in [0.717, 1.165) is 24.9 Å². The predicted molar refractivity (Wildman–Crippen MR) is 71.9 cm³/mol. The third kappa shape index (κ3) is 2.79. The maximum Gasteiger partial charge on any atom is 0.323 e. The van der Waals surface area contributed by atoms with Crippen LogP contribution in [-0.2, 0) is 16.1 Å². The summed E-state index contributed by atoms with van der Waals surface area (Å²) in [5.41, 5.74) is 0.872. The number of carbonyl (C=O) groups is 1. The molecule has 1 heterocycles. The number of hydrogen-bond acceptors (Lipinski definition) is 3. The van der Waals surface area contributed by atoms with Crippen molar-refractivity contribution in [3.63, 3.8) is 0 Å². The molecule has 1 unspecified atom stereocenters. The van der Waals surface area contributed by atoms with Crippen LogP contribution in [0.25, 0.3) is 0 Å². The smallest absolute Gasteiger partial charge is 0.323 e. The Morgan fingerprint density at radius 3 is 2.72 bits per heavy atom. The highest BCUT2D eigenvalue weighted by Gasteiger charge is 2.31. The molecule has 0 bridgehead atoms. The number of esters is 1. The Labute approximate surface area is 117 Å². The van der Waals surface area contributed by atoms with Crippen molar-refractivity contribution in [2.24, 2.45) is 0 Å². The van der Waals surface area contributed by atoms with E-state index in [4.69, 9.17) is 27.9 Å². The van der Waals surface area contributed by atoms with Crippen LogP contribution in [0.3, 0.4) is 0 Å². The molecule has 0 saturated carbocycles. The lowest BCUT2D eigenvalue weighted by molar-refractivity contribution is -0.146. The van der Waals surface area contributed by atoms with E-state index in [1.165, 1.54) is 7.11 Å². The number of nitrogens with zero attached hydrogens (tertiary/aromatic N) is 1. The Kier molecular flexibility index (Phi) is 4.49. The van der Waals surface area contributed by atoms with E-state index in [1.807, 2.05) is 18.2 Å².